The van der Waals surface area contributed by atoms with Crippen molar-refractivity contribution in [3.05, 3.63) is 24.3 Å². The first-order valence-corrected chi connectivity index (χ1v) is 9.54. The molecule has 6 nitrogen and oxygen atoms in total. The fourth-order valence-corrected chi connectivity index (χ4v) is 4.34. The molecule has 2 N–H and O–H groups in total. The Hall–Kier alpha value is -2.36. The molecule has 0 amide bonds. The molecule has 1 aliphatic carbocycles. The van der Waals surface area contributed by atoms with Gasteiger partial charge in [0.1, 0.15) is 5.82 Å². The van der Waals surface area contributed by atoms with E-state index in [2.05, 4.69) is 14.3 Å². The summed E-state index contributed by atoms with van der Waals surface area (Å²) in [7, 11) is 0. The van der Waals surface area contributed by atoms with Crippen LogP contribution in [0.15, 0.2) is 18.5 Å². The van der Waals surface area contributed by atoms with Crippen LogP contribution in [0.4, 0.5) is 23.4 Å². The van der Waals surface area contributed by atoms with Crippen molar-refractivity contribution in [3.63, 3.8) is 0 Å². The van der Waals surface area contributed by atoms with Crippen LogP contribution in [-0.2, 0) is 0 Å². The van der Waals surface area contributed by atoms with E-state index in [1.54, 1.807) is 4.90 Å². The molecular formula is C19H23F4N5O. The SMILES string of the molecule is CC(C)c1nc(-c2cnc(N)c(OC(F)F)c2)cn1[C@@H]1[C@@H]2CN(CC(F)F)C[C@@H]21. The number of ether oxygens (including phenoxy) is 1. The first kappa shape index (κ1) is 19.9. The zero-order chi connectivity index (χ0) is 20.9. The predicted octanol–water partition coefficient (Wildman–Crippen LogP) is 3.62. The highest BCUT2D eigenvalue weighted by atomic mass is 19.3. The molecule has 0 unspecified atom stereocenters. The van der Waals surface area contributed by atoms with Crippen LogP contribution in [0.25, 0.3) is 11.3 Å². The van der Waals surface area contributed by atoms with E-state index in [1.807, 2.05) is 20.0 Å². The summed E-state index contributed by atoms with van der Waals surface area (Å²) < 4.78 is 57.0. The number of alkyl halides is 4. The highest BCUT2D eigenvalue weighted by molar-refractivity contribution is 5.64. The molecule has 2 aromatic heterocycles. The van der Waals surface area contributed by atoms with Crippen molar-refractivity contribution in [2.24, 2.45) is 11.8 Å². The number of imidazole rings is 1. The van der Waals surface area contributed by atoms with Gasteiger partial charge >= 0.3 is 6.61 Å². The average Bonchev–Trinajstić information content (AvgIpc) is 2.97. The van der Waals surface area contributed by atoms with E-state index in [-0.39, 0.29) is 30.1 Å². The van der Waals surface area contributed by atoms with Crippen molar-refractivity contribution in [3.8, 4) is 17.0 Å². The molecule has 2 aliphatic rings. The molecule has 3 atom stereocenters. The van der Waals surface area contributed by atoms with Crippen molar-refractivity contribution in [2.45, 2.75) is 38.8 Å². The number of hydrogen-bond donors (Lipinski definition) is 1. The molecule has 0 bridgehead atoms. The smallest absolute Gasteiger partial charge is 0.387 e. The third-order valence-corrected chi connectivity index (χ3v) is 5.61. The first-order valence-electron chi connectivity index (χ1n) is 9.54. The molecule has 2 aromatic rings. The van der Waals surface area contributed by atoms with Gasteiger partial charge in [0.25, 0.3) is 6.43 Å². The Morgan fingerprint density at radius 1 is 1.21 bits per heavy atom. The van der Waals surface area contributed by atoms with Gasteiger partial charge in [0.05, 0.1) is 12.2 Å². The summed E-state index contributed by atoms with van der Waals surface area (Å²) in [6, 6.07) is 1.63. The fraction of sp³-hybridized carbons (Fsp3) is 0.579. The number of fused-ring (bicyclic) bond motifs is 1. The average molecular weight is 413 g/mol. The number of piperidine rings is 1. The number of nitrogens with zero attached hydrogens (tertiary/aromatic N) is 4. The second kappa shape index (κ2) is 7.47. The minimum atomic E-state index is -3.00. The molecule has 10 heteroatoms. The third-order valence-electron chi connectivity index (χ3n) is 5.61. The lowest BCUT2D eigenvalue weighted by molar-refractivity contribution is -0.0494. The highest BCUT2D eigenvalue weighted by Gasteiger charge is 2.57. The number of anilines is 1. The summed E-state index contributed by atoms with van der Waals surface area (Å²) in [5, 5.41) is 0. The Balaban J connectivity index is 1.58. The van der Waals surface area contributed by atoms with Gasteiger partial charge in [0, 0.05) is 43.0 Å². The van der Waals surface area contributed by atoms with Gasteiger partial charge in [-0.15, -0.1) is 0 Å². The molecule has 1 saturated heterocycles. The van der Waals surface area contributed by atoms with Crippen molar-refractivity contribution in [1.29, 1.82) is 0 Å². The molecule has 4 rings (SSSR count). The van der Waals surface area contributed by atoms with Crippen molar-refractivity contribution >= 4 is 5.82 Å². The van der Waals surface area contributed by atoms with Gasteiger partial charge in [0.2, 0.25) is 0 Å². The van der Waals surface area contributed by atoms with Crippen LogP contribution in [0.1, 0.15) is 31.6 Å². The molecule has 0 aromatic carbocycles. The topological polar surface area (TPSA) is 69.2 Å². The van der Waals surface area contributed by atoms with Gasteiger partial charge in [-0.3, -0.25) is 4.90 Å². The maximum Gasteiger partial charge on any atom is 0.387 e. The summed E-state index contributed by atoms with van der Waals surface area (Å²) >= 11 is 0. The fourth-order valence-electron chi connectivity index (χ4n) is 4.34. The molecule has 1 saturated carbocycles. The summed E-state index contributed by atoms with van der Waals surface area (Å²) in [5.74, 6) is 1.36. The van der Waals surface area contributed by atoms with Crippen LogP contribution in [-0.4, -0.2) is 52.1 Å². The number of nitrogens with two attached hydrogens (primary N) is 1. The van der Waals surface area contributed by atoms with Gasteiger partial charge in [-0.1, -0.05) is 13.8 Å². The lowest BCUT2D eigenvalue weighted by atomic mass is 10.2. The number of pyridine rings is 1. The summed E-state index contributed by atoms with van der Waals surface area (Å²) in [6.45, 7) is 2.17. The molecule has 29 heavy (non-hydrogen) atoms. The summed E-state index contributed by atoms with van der Waals surface area (Å²) in [5.41, 5.74) is 6.73. The van der Waals surface area contributed by atoms with Gasteiger partial charge in [-0.25, -0.2) is 18.7 Å². The van der Waals surface area contributed by atoms with Gasteiger partial charge < -0.3 is 15.0 Å². The Bertz CT molecular complexity index is 875. The van der Waals surface area contributed by atoms with Crippen LogP contribution in [0, 0.1) is 11.8 Å². The minimum absolute atomic E-state index is 0.117. The maximum absolute atomic E-state index is 12.6. The number of aromatic nitrogens is 3. The molecular weight excluding hydrogens is 390 g/mol. The maximum atomic E-state index is 12.6. The minimum Gasteiger partial charge on any atom is -0.431 e. The van der Waals surface area contributed by atoms with Crippen LogP contribution in [0.2, 0.25) is 0 Å². The Kier molecular flexibility index (Phi) is 5.14. The summed E-state index contributed by atoms with van der Waals surface area (Å²) in [4.78, 5) is 10.4. The van der Waals surface area contributed by atoms with Crippen LogP contribution >= 0.6 is 0 Å². The molecule has 0 spiro atoms. The zero-order valence-electron chi connectivity index (χ0n) is 16.1. The van der Waals surface area contributed by atoms with E-state index in [0.717, 1.165) is 5.82 Å². The number of hydrogen-bond acceptors (Lipinski definition) is 5. The molecule has 158 valence electrons. The highest BCUT2D eigenvalue weighted by Crippen LogP contribution is 2.56. The number of halogens is 4. The van der Waals surface area contributed by atoms with Gasteiger partial charge in [-0.2, -0.15) is 8.78 Å². The Morgan fingerprint density at radius 3 is 2.48 bits per heavy atom. The Labute approximate surface area is 165 Å². The van der Waals surface area contributed by atoms with E-state index in [9.17, 15) is 17.6 Å². The van der Waals surface area contributed by atoms with Crippen LogP contribution < -0.4 is 10.5 Å². The molecule has 0 radical (unpaired) electrons. The standard InChI is InChI=1S/C19H23F4N5O/c1-9(2)18-26-13(10-3-14(29-19(22)23)17(24)25-4-10)7-28(18)16-11-5-27(6-12(11)16)8-15(20)21/h3-4,7,9,11-12,15-16,19H,5-6,8H2,1-2H3,(H2,24,25)/t11-,12+,16-. The largest absolute Gasteiger partial charge is 0.431 e. The Morgan fingerprint density at radius 2 is 1.90 bits per heavy atom. The van der Waals surface area contributed by atoms with E-state index in [1.165, 1.54) is 12.3 Å². The quantitative estimate of drug-likeness (QED) is 0.703. The second-order valence-corrected chi connectivity index (χ2v) is 7.96. The monoisotopic (exact) mass is 413 g/mol. The second-order valence-electron chi connectivity index (χ2n) is 7.96. The number of likely N-dealkylation sites (tertiary alicyclic amines) is 1. The van der Waals surface area contributed by atoms with Gasteiger partial charge in [0.15, 0.2) is 11.6 Å². The molecule has 2 fully saturated rings. The lowest BCUT2D eigenvalue weighted by Gasteiger charge is -2.20. The first-order chi connectivity index (χ1) is 13.7. The van der Waals surface area contributed by atoms with E-state index < -0.39 is 13.0 Å². The molecule has 1 aliphatic heterocycles. The van der Waals surface area contributed by atoms with Crippen molar-refractivity contribution in [1.82, 2.24) is 19.4 Å². The predicted molar refractivity (Wildman–Crippen MR) is 99.1 cm³/mol. The molecule has 3 heterocycles. The zero-order valence-corrected chi connectivity index (χ0v) is 16.1. The van der Waals surface area contributed by atoms with Gasteiger partial charge in [-0.05, 0) is 17.9 Å². The lowest BCUT2D eigenvalue weighted by Crippen LogP contribution is -2.30. The number of nitrogen functional groups attached to an aromatic ring is 1. The van der Waals surface area contributed by atoms with E-state index in [4.69, 9.17) is 10.7 Å². The normalized spacial score (nSPS) is 24.0. The van der Waals surface area contributed by atoms with Crippen molar-refractivity contribution < 1.29 is 22.3 Å². The summed E-state index contributed by atoms with van der Waals surface area (Å²) in [6.07, 6.45) is 1.04. The van der Waals surface area contributed by atoms with Crippen LogP contribution in [0.3, 0.4) is 0 Å². The van der Waals surface area contributed by atoms with E-state index in [0.29, 0.717) is 36.2 Å². The number of rotatable bonds is 7. The van der Waals surface area contributed by atoms with Crippen LogP contribution in [0.5, 0.6) is 5.75 Å². The van der Waals surface area contributed by atoms with E-state index >= 15 is 0 Å². The third kappa shape index (κ3) is 3.90. The van der Waals surface area contributed by atoms with Crippen molar-refractivity contribution in [2.75, 3.05) is 25.4 Å².